The van der Waals surface area contributed by atoms with Gasteiger partial charge in [0.05, 0.1) is 42.4 Å². The first-order valence-corrected chi connectivity index (χ1v) is 13.9. The molecule has 4 heterocycles. The number of pyridine rings is 1. The van der Waals surface area contributed by atoms with Gasteiger partial charge in [-0.15, -0.1) is 0 Å². The highest BCUT2D eigenvalue weighted by molar-refractivity contribution is 8.08. The Morgan fingerprint density at radius 2 is 1.55 bits per heavy atom. The molecule has 0 atom stereocenters. The summed E-state index contributed by atoms with van der Waals surface area (Å²) >= 11 is 1.71. The largest absolute Gasteiger partial charge is 0.378 e. The molecule has 0 radical (unpaired) electrons. The minimum atomic E-state index is 0.0314. The molecule has 6 heteroatoms. The van der Waals surface area contributed by atoms with Crippen LogP contribution in [0.15, 0.2) is 95.9 Å². The zero-order valence-corrected chi connectivity index (χ0v) is 21.8. The molecule has 1 amide bonds. The summed E-state index contributed by atoms with van der Waals surface area (Å²) in [5.74, 6) is 0.0314. The van der Waals surface area contributed by atoms with Crippen molar-refractivity contribution in [3.05, 3.63) is 125 Å². The van der Waals surface area contributed by atoms with Crippen LogP contribution in [-0.2, 0) is 17.7 Å². The maximum absolute atomic E-state index is 13.9. The molecule has 1 aromatic heterocycles. The zero-order chi connectivity index (χ0) is 25.5. The molecule has 38 heavy (non-hydrogen) atoms. The van der Waals surface area contributed by atoms with Gasteiger partial charge in [0.15, 0.2) is 0 Å². The molecule has 1 fully saturated rings. The topological polar surface area (TPSA) is 45.7 Å². The van der Waals surface area contributed by atoms with Crippen molar-refractivity contribution < 1.29 is 9.53 Å². The first-order valence-electron chi connectivity index (χ1n) is 13.0. The Hall–Kier alpha value is -3.87. The fraction of sp³-hybridized carbons (Fsp3) is 0.188. The number of carbonyl (C=O) groups is 1. The molecule has 0 spiro atoms. The third-order valence-electron chi connectivity index (χ3n) is 7.38. The summed E-state index contributed by atoms with van der Waals surface area (Å²) in [5, 5.41) is 0. The van der Waals surface area contributed by atoms with E-state index in [9.17, 15) is 4.79 Å². The third-order valence-corrected chi connectivity index (χ3v) is 8.51. The van der Waals surface area contributed by atoms with E-state index in [0.29, 0.717) is 31.7 Å². The number of rotatable bonds is 5. The number of hydrogen-bond donors (Lipinski definition) is 0. The first kappa shape index (κ1) is 23.3. The summed E-state index contributed by atoms with van der Waals surface area (Å²) in [7, 11) is 0. The smallest absolute Gasteiger partial charge is 0.261 e. The van der Waals surface area contributed by atoms with Crippen LogP contribution in [0.1, 0.15) is 38.4 Å². The van der Waals surface area contributed by atoms with Gasteiger partial charge in [-0.1, -0.05) is 84.6 Å². The molecule has 0 saturated carbocycles. The quantitative estimate of drug-likeness (QED) is 0.320. The van der Waals surface area contributed by atoms with Gasteiger partial charge < -0.3 is 14.5 Å². The molecule has 0 unspecified atom stereocenters. The van der Waals surface area contributed by atoms with Crippen LogP contribution in [0.4, 0.5) is 5.69 Å². The number of hydrogen-bond acceptors (Lipinski definition) is 5. The molecule has 7 rings (SSSR count). The van der Waals surface area contributed by atoms with Crippen LogP contribution in [0.25, 0.3) is 10.6 Å². The Kier molecular flexibility index (Phi) is 5.99. The van der Waals surface area contributed by atoms with E-state index in [2.05, 4.69) is 83.8 Å². The SMILES string of the molecule is O=C1c2cc(N3CCOCC3)c(Cc3ccccc3)nc2C2=C(Sc3ccccc3)c3ccccc3CN12. The van der Waals surface area contributed by atoms with E-state index in [4.69, 9.17) is 9.72 Å². The number of fused-ring (bicyclic) bond motifs is 4. The summed E-state index contributed by atoms with van der Waals surface area (Å²) in [6.45, 7) is 3.51. The summed E-state index contributed by atoms with van der Waals surface area (Å²) in [6, 6.07) is 31.3. The van der Waals surface area contributed by atoms with E-state index >= 15 is 0 Å². The minimum absolute atomic E-state index is 0.0314. The van der Waals surface area contributed by atoms with Crippen molar-refractivity contribution in [3.63, 3.8) is 0 Å². The van der Waals surface area contributed by atoms with Gasteiger partial charge in [0.25, 0.3) is 5.91 Å². The number of benzene rings is 3. The van der Waals surface area contributed by atoms with Gasteiger partial charge in [0.1, 0.15) is 5.69 Å². The Morgan fingerprint density at radius 3 is 2.34 bits per heavy atom. The fourth-order valence-corrected chi connectivity index (χ4v) is 6.67. The van der Waals surface area contributed by atoms with Crippen LogP contribution in [0, 0.1) is 0 Å². The van der Waals surface area contributed by atoms with Gasteiger partial charge in [-0.05, 0) is 34.9 Å². The number of nitrogens with zero attached hydrogens (tertiary/aromatic N) is 3. The Morgan fingerprint density at radius 1 is 0.842 bits per heavy atom. The number of aromatic nitrogens is 1. The summed E-state index contributed by atoms with van der Waals surface area (Å²) in [4.78, 5) is 25.7. The average Bonchev–Trinajstić information content (AvgIpc) is 3.24. The van der Waals surface area contributed by atoms with Crippen molar-refractivity contribution in [2.24, 2.45) is 0 Å². The predicted octanol–water partition coefficient (Wildman–Crippen LogP) is 6.10. The van der Waals surface area contributed by atoms with Crippen LogP contribution in [-0.4, -0.2) is 42.1 Å². The number of anilines is 1. The molecule has 3 aliphatic rings. The number of carbonyl (C=O) groups excluding carboxylic acids is 1. The lowest BCUT2D eigenvalue weighted by atomic mass is 10.0. The molecule has 3 aromatic carbocycles. The standard InChI is InChI=1S/C32H27N3O2S/c36-32-26-20-28(34-15-17-37-18-16-34)27(19-22-9-3-1-4-10-22)33-29(26)30-31(38-24-12-5-2-6-13-24)25-14-8-7-11-23(25)21-35(30)32/h1-14,20H,15-19,21H2. The predicted molar refractivity (Wildman–Crippen MR) is 152 cm³/mol. The Labute approximate surface area is 226 Å². The lowest BCUT2D eigenvalue weighted by molar-refractivity contribution is 0.0842. The van der Waals surface area contributed by atoms with Crippen LogP contribution in [0.3, 0.4) is 0 Å². The van der Waals surface area contributed by atoms with E-state index < -0.39 is 0 Å². The second kappa shape index (κ2) is 9.78. The molecule has 4 aromatic rings. The maximum Gasteiger partial charge on any atom is 0.261 e. The average molecular weight is 518 g/mol. The van der Waals surface area contributed by atoms with E-state index in [1.54, 1.807) is 11.8 Å². The van der Waals surface area contributed by atoms with Crippen LogP contribution >= 0.6 is 11.8 Å². The summed E-state index contributed by atoms with van der Waals surface area (Å²) < 4.78 is 5.63. The highest BCUT2D eigenvalue weighted by Crippen LogP contribution is 2.50. The highest BCUT2D eigenvalue weighted by Gasteiger charge is 2.41. The second-order valence-corrected chi connectivity index (χ2v) is 10.8. The van der Waals surface area contributed by atoms with Crippen molar-refractivity contribution in [1.29, 1.82) is 0 Å². The van der Waals surface area contributed by atoms with Gasteiger partial charge in [0.2, 0.25) is 0 Å². The van der Waals surface area contributed by atoms with Gasteiger partial charge in [-0.25, -0.2) is 4.98 Å². The van der Waals surface area contributed by atoms with E-state index in [1.165, 1.54) is 11.1 Å². The number of ether oxygens (including phenoxy) is 1. The molecule has 188 valence electrons. The number of amides is 1. The number of thioether (sulfide) groups is 1. The summed E-state index contributed by atoms with van der Waals surface area (Å²) in [5.41, 5.74) is 8.01. The Bertz CT molecular complexity index is 1550. The highest BCUT2D eigenvalue weighted by atomic mass is 32.2. The molecule has 5 nitrogen and oxygen atoms in total. The monoisotopic (exact) mass is 517 g/mol. The lowest BCUT2D eigenvalue weighted by Gasteiger charge is -2.30. The molecular formula is C32H27N3O2S. The van der Waals surface area contributed by atoms with E-state index in [-0.39, 0.29) is 5.91 Å². The van der Waals surface area contributed by atoms with Crippen molar-refractivity contribution in [1.82, 2.24) is 9.88 Å². The molecule has 0 bridgehead atoms. The van der Waals surface area contributed by atoms with Crippen molar-refractivity contribution in [2.75, 3.05) is 31.2 Å². The van der Waals surface area contributed by atoms with Crippen molar-refractivity contribution in [2.45, 2.75) is 17.9 Å². The third kappa shape index (κ3) is 4.10. The molecule has 0 N–H and O–H groups in total. The lowest BCUT2D eigenvalue weighted by Crippen LogP contribution is -2.37. The van der Waals surface area contributed by atoms with Crippen molar-refractivity contribution in [3.8, 4) is 0 Å². The van der Waals surface area contributed by atoms with Crippen LogP contribution in [0.2, 0.25) is 0 Å². The van der Waals surface area contributed by atoms with Crippen LogP contribution in [0.5, 0.6) is 0 Å². The van der Waals surface area contributed by atoms with Gasteiger partial charge in [0, 0.05) is 29.3 Å². The van der Waals surface area contributed by atoms with Gasteiger partial charge in [-0.3, -0.25) is 4.79 Å². The zero-order valence-electron chi connectivity index (χ0n) is 21.0. The van der Waals surface area contributed by atoms with Crippen molar-refractivity contribution >= 4 is 34.0 Å². The minimum Gasteiger partial charge on any atom is -0.378 e. The number of morpholine rings is 1. The van der Waals surface area contributed by atoms with Gasteiger partial charge >= 0.3 is 0 Å². The first-order chi connectivity index (χ1) is 18.8. The maximum atomic E-state index is 13.9. The Balaban J connectivity index is 1.42. The summed E-state index contributed by atoms with van der Waals surface area (Å²) in [6.07, 6.45) is 0.708. The van der Waals surface area contributed by atoms with Crippen LogP contribution < -0.4 is 4.90 Å². The molecule has 0 aliphatic carbocycles. The van der Waals surface area contributed by atoms with Gasteiger partial charge in [-0.2, -0.15) is 0 Å². The molecule has 1 saturated heterocycles. The molecule has 3 aliphatic heterocycles. The fourth-order valence-electron chi connectivity index (χ4n) is 5.52. The van der Waals surface area contributed by atoms with E-state index in [1.807, 2.05) is 17.0 Å². The molecular weight excluding hydrogens is 490 g/mol. The van der Waals surface area contributed by atoms with E-state index in [0.717, 1.165) is 51.2 Å². The second-order valence-electron chi connectivity index (χ2n) is 9.75. The normalized spacial score (nSPS) is 16.4.